The van der Waals surface area contributed by atoms with Crippen molar-refractivity contribution in [2.75, 3.05) is 19.6 Å². The van der Waals surface area contributed by atoms with Crippen molar-refractivity contribution in [2.45, 2.75) is 32.7 Å². The summed E-state index contributed by atoms with van der Waals surface area (Å²) in [6.45, 7) is 5.28. The van der Waals surface area contributed by atoms with Crippen LogP contribution in [0.2, 0.25) is 0 Å². The molecule has 1 saturated heterocycles. The summed E-state index contributed by atoms with van der Waals surface area (Å²) >= 11 is 0. The summed E-state index contributed by atoms with van der Waals surface area (Å²) in [5, 5.41) is 2.63. The van der Waals surface area contributed by atoms with Crippen molar-refractivity contribution in [3.63, 3.8) is 0 Å². The third kappa shape index (κ3) is 4.91. The molecule has 100 valence electrons. The lowest BCUT2D eigenvalue weighted by molar-refractivity contribution is -0.133. The van der Waals surface area contributed by atoms with Gasteiger partial charge in [0.1, 0.15) is 0 Å². The highest BCUT2D eigenvalue weighted by Gasteiger charge is 2.21. The molecule has 0 aromatic carbocycles. The van der Waals surface area contributed by atoms with Crippen LogP contribution < -0.4 is 11.1 Å². The van der Waals surface area contributed by atoms with Crippen LogP contribution in [0.4, 0.5) is 0 Å². The molecule has 1 aliphatic rings. The molecular formula is C11H22ClN3O2. The lowest BCUT2D eigenvalue weighted by Gasteiger charge is -2.18. The third-order valence-corrected chi connectivity index (χ3v) is 3.07. The number of hydrogen-bond donors (Lipinski definition) is 2. The number of carbonyl (C=O) groups excluding carboxylic acids is 2. The third-order valence-electron chi connectivity index (χ3n) is 3.07. The normalized spacial score (nSPS) is 18.2. The molecule has 1 fully saturated rings. The standard InChI is InChI=1S/C11H21N3O2.ClH/c1-8(9(2)12)11(16)13-7-10(15)14-5-3-4-6-14;/h8-9H,3-7,12H2,1-2H3,(H,13,16);1H. The van der Waals surface area contributed by atoms with Crippen molar-refractivity contribution in [3.05, 3.63) is 0 Å². The van der Waals surface area contributed by atoms with E-state index in [4.69, 9.17) is 5.73 Å². The topological polar surface area (TPSA) is 75.4 Å². The number of amides is 2. The summed E-state index contributed by atoms with van der Waals surface area (Å²) in [4.78, 5) is 25.0. The Bertz CT molecular complexity index is 251. The van der Waals surface area contributed by atoms with Crippen LogP contribution in [0, 0.1) is 5.92 Å². The second-order valence-electron chi connectivity index (χ2n) is 4.45. The van der Waals surface area contributed by atoms with E-state index in [0.717, 1.165) is 25.9 Å². The predicted octanol–water partition coefficient (Wildman–Crippen LogP) is 0.130. The molecule has 1 rings (SSSR count). The van der Waals surface area contributed by atoms with Crippen LogP contribution in [0.25, 0.3) is 0 Å². The lowest BCUT2D eigenvalue weighted by Crippen LogP contribution is -2.43. The zero-order valence-corrected chi connectivity index (χ0v) is 11.3. The number of nitrogens with zero attached hydrogens (tertiary/aromatic N) is 1. The quantitative estimate of drug-likeness (QED) is 0.757. The minimum absolute atomic E-state index is 0. The Labute approximate surface area is 109 Å². The Balaban J connectivity index is 0.00000256. The van der Waals surface area contributed by atoms with E-state index < -0.39 is 0 Å². The fraction of sp³-hybridized carbons (Fsp3) is 0.818. The van der Waals surface area contributed by atoms with Gasteiger partial charge in [-0.05, 0) is 19.8 Å². The number of halogens is 1. The van der Waals surface area contributed by atoms with E-state index in [1.807, 2.05) is 0 Å². The van der Waals surface area contributed by atoms with Gasteiger partial charge in [0.05, 0.1) is 6.54 Å². The van der Waals surface area contributed by atoms with Gasteiger partial charge in [-0.1, -0.05) is 6.92 Å². The van der Waals surface area contributed by atoms with Crippen LogP contribution in [-0.4, -0.2) is 42.4 Å². The van der Waals surface area contributed by atoms with Gasteiger partial charge in [0.2, 0.25) is 11.8 Å². The summed E-state index contributed by atoms with van der Waals surface area (Å²) in [6.07, 6.45) is 2.13. The number of carbonyl (C=O) groups is 2. The van der Waals surface area contributed by atoms with Crippen molar-refractivity contribution in [1.82, 2.24) is 10.2 Å². The predicted molar refractivity (Wildman–Crippen MR) is 68.9 cm³/mol. The minimum Gasteiger partial charge on any atom is -0.347 e. The van der Waals surface area contributed by atoms with Crippen molar-refractivity contribution >= 4 is 24.2 Å². The van der Waals surface area contributed by atoms with Gasteiger partial charge >= 0.3 is 0 Å². The van der Waals surface area contributed by atoms with Gasteiger partial charge in [-0.15, -0.1) is 12.4 Å². The SMILES string of the molecule is CC(N)C(C)C(=O)NCC(=O)N1CCCC1.Cl. The minimum atomic E-state index is -0.258. The van der Waals surface area contributed by atoms with Gasteiger partial charge in [0.25, 0.3) is 0 Å². The first-order valence-corrected chi connectivity index (χ1v) is 5.83. The van der Waals surface area contributed by atoms with Crippen molar-refractivity contribution < 1.29 is 9.59 Å². The van der Waals surface area contributed by atoms with Gasteiger partial charge in [-0.25, -0.2) is 0 Å². The highest BCUT2D eigenvalue weighted by Crippen LogP contribution is 2.07. The molecule has 0 aromatic heterocycles. The average molecular weight is 264 g/mol. The molecule has 3 N–H and O–H groups in total. The summed E-state index contributed by atoms with van der Waals surface area (Å²) in [5.74, 6) is -0.406. The molecule has 2 amide bonds. The molecule has 2 unspecified atom stereocenters. The summed E-state index contributed by atoms with van der Waals surface area (Å²) in [7, 11) is 0. The van der Waals surface area contributed by atoms with Crippen LogP contribution in [0.1, 0.15) is 26.7 Å². The number of rotatable bonds is 4. The summed E-state index contributed by atoms with van der Waals surface area (Å²) in [5.41, 5.74) is 5.61. The van der Waals surface area contributed by atoms with Gasteiger partial charge in [0, 0.05) is 25.0 Å². The molecule has 6 heteroatoms. The van der Waals surface area contributed by atoms with E-state index in [0.29, 0.717) is 0 Å². The molecule has 0 saturated carbocycles. The van der Waals surface area contributed by atoms with Crippen LogP contribution in [-0.2, 0) is 9.59 Å². The van der Waals surface area contributed by atoms with Crippen molar-refractivity contribution in [2.24, 2.45) is 11.7 Å². The maximum atomic E-state index is 11.6. The maximum Gasteiger partial charge on any atom is 0.241 e. The van der Waals surface area contributed by atoms with E-state index >= 15 is 0 Å². The second-order valence-corrected chi connectivity index (χ2v) is 4.45. The fourth-order valence-corrected chi connectivity index (χ4v) is 1.64. The zero-order chi connectivity index (χ0) is 12.1. The number of nitrogens with one attached hydrogen (secondary N) is 1. The molecule has 1 heterocycles. The van der Waals surface area contributed by atoms with Gasteiger partial charge in [-0.2, -0.15) is 0 Å². The van der Waals surface area contributed by atoms with Gasteiger partial charge in [-0.3, -0.25) is 9.59 Å². The van der Waals surface area contributed by atoms with E-state index in [1.165, 1.54) is 0 Å². The molecule has 0 bridgehead atoms. The van der Waals surface area contributed by atoms with Gasteiger partial charge < -0.3 is 16.0 Å². The molecule has 2 atom stereocenters. The Kier molecular flexibility index (Phi) is 7.15. The van der Waals surface area contributed by atoms with Crippen molar-refractivity contribution in [3.8, 4) is 0 Å². The smallest absolute Gasteiger partial charge is 0.241 e. The first-order chi connectivity index (χ1) is 7.52. The summed E-state index contributed by atoms with van der Waals surface area (Å²) < 4.78 is 0. The number of hydrogen-bond acceptors (Lipinski definition) is 3. The van der Waals surface area contributed by atoms with E-state index in [2.05, 4.69) is 5.32 Å². The molecule has 17 heavy (non-hydrogen) atoms. The lowest BCUT2D eigenvalue weighted by atomic mass is 10.0. The molecule has 1 aliphatic heterocycles. The summed E-state index contributed by atoms with van der Waals surface area (Å²) in [6, 6.07) is -0.193. The van der Waals surface area contributed by atoms with Crippen LogP contribution >= 0.6 is 12.4 Å². The number of likely N-dealkylation sites (tertiary alicyclic amines) is 1. The zero-order valence-electron chi connectivity index (χ0n) is 10.4. The Morgan fingerprint density at radius 2 is 1.82 bits per heavy atom. The first kappa shape index (κ1) is 16.2. The Morgan fingerprint density at radius 1 is 1.29 bits per heavy atom. The average Bonchev–Trinajstić information content (AvgIpc) is 2.77. The molecule has 0 aromatic rings. The molecule has 0 radical (unpaired) electrons. The molecule has 0 aliphatic carbocycles. The van der Waals surface area contributed by atoms with Gasteiger partial charge in [0.15, 0.2) is 0 Å². The van der Waals surface area contributed by atoms with E-state index in [1.54, 1.807) is 18.7 Å². The largest absolute Gasteiger partial charge is 0.347 e. The fourth-order valence-electron chi connectivity index (χ4n) is 1.64. The Morgan fingerprint density at radius 3 is 2.29 bits per heavy atom. The molecular weight excluding hydrogens is 242 g/mol. The molecule has 5 nitrogen and oxygen atoms in total. The second kappa shape index (κ2) is 7.50. The number of nitrogens with two attached hydrogens (primary N) is 1. The monoisotopic (exact) mass is 263 g/mol. The van der Waals surface area contributed by atoms with E-state index in [-0.39, 0.29) is 42.7 Å². The van der Waals surface area contributed by atoms with Crippen molar-refractivity contribution in [1.29, 1.82) is 0 Å². The van der Waals surface area contributed by atoms with Crippen LogP contribution in [0.3, 0.4) is 0 Å². The molecule has 0 spiro atoms. The maximum absolute atomic E-state index is 11.6. The Hall–Kier alpha value is -0.810. The van der Waals surface area contributed by atoms with Crippen LogP contribution in [0.5, 0.6) is 0 Å². The highest BCUT2D eigenvalue weighted by molar-refractivity contribution is 5.86. The van der Waals surface area contributed by atoms with E-state index in [9.17, 15) is 9.59 Å². The first-order valence-electron chi connectivity index (χ1n) is 5.83. The van der Waals surface area contributed by atoms with Crippen LogP contribution in [0.15, 0.2) is 0 Å². The highest BCUT2D eigenvalue weighted by atomic mass is 35.5.